The first-order chi connectivity index (χ1) is 14.1. The Balaban J connectivity index is 1.72. The number of nitro benzene ring substituents is 1. The zero-order valence-corrected chi connectivity index (χ0v) is 16.0. The number of non-ortho nitro benzene ring substituents is 1. The number of thioether (sulfide) groups is 1. The van der Waals surface area contributed by atoms with E-state index in [4.69, 9.17) is 0 Å². The molecule has 0 saturated carbocycles. The Labute approximate surface area is 171 Å². The molecule has 0 N–H and O–H groups in total. The van der Waals surface area contributed by atoms with E-state index in [1.807, 2.05) is 60.7 Å². The van der Waals surface area contributed by atoms with Gasteiger partial charge in [-0.15, -0.1) is 0 Å². The number of amidine groups is 1. The van der Waals surface area contributed by atoms with Crippen LogP contribution in [0.1, 0.15) is 5.56 Å². The molecule has 7 heteroatoms. The number of hydrogen-bond acceptors (Lipinski definition) is 5. The lowest BCUT2D eigenvalue weighted by Crippen LogP contribution is -2.28. The van der Waals surface area contributed by atoms with Crippen molar-refractivity contribution in [3.63, 3.8) is 0 Å². The van der Waals surface area contributed by atoms with Gasteiger partial charge < -0.3 is 0 Å². The zero-order chi connectivity index (χ0) is 20.2. The Bertz CT molecular complexity index is 1110. The lowest BCUT2D eigenvalue weighted by atomic mass is 10.2. The van der Waals surface area contributed by atoms with E-state index >= 15 is 0 Å². The number of benzene rings is 3. The van der Waals surface area contributed by atoms with Crippen LogP contribution in [0.2, 0.25) is 0 Å². The quantitative estimate of drug-likeness (QED) is 0.333. The van der Waals surface area contributed by atoms with E-state index < -0.39 is 4.92 Å². The van der Waals surface area contributed by atoms with Crippen LogP contribution in [0.15, 0.2) is 94.8 Å². The molecule has 0 bridgehead atoms. The van der Waals surface area contributed by atoms with E-state index in [9.17, 15) is 14.9 Å². The van der Waals surface area contributed by atoms with Gasteiger partial charge in [-0.05, 0) is 59.8 Å². The minimum atomic E-state index is -0.450. The highest BCUT2D eigenvalue weighted by Gasteiger charge is 2.34. The molecule has 4 rings (SSSR count). The Morgan fingerprint density at radius 3 is 2.14 bits per heavy atom. The third-order valence-electron chi connectivity index (χ3n) is 4.20. The maximum absolute atomic E-state index is 13.1. The van der Waals surface area contributed by atoms with Gasteiger partial charge in [0, 0.05) is 12.1 Å². The van der Waals surface area contributed by atoms with Gasteiger partial charge in [0.25, 0.3) is 11.6 Å². The van der Waals surface area contributed by atoms with Crippen molar-refractivity contribution in [1.29, 1.82) is 0 Å². The summed E-state index contributed by atoms with van der Waals surface area (Å²) < 4.78 is 0. The highest BCUT2D eigenvalue weighted by Crippen LogP contribution is 2.37. The van der Waals surface area contributed by atoms with E-state index in [1.54, 1.807) is 23.1 Å². The molecule has 1 fully saturated rings. The molecule has 0 unspecified atom stereocenters. The largest absolute Gasteiger partial charge is 0.271 e. The highest BCUT2D eigenvalue weighted by atomic mass is 32.2. The third kappa shape index (κ3) is 4.09. The Morgan fingerprint density at radius 1 is 0.897 bits per heavy atom. The van der Waals surface area contributed by atoms with E-state index in [2.05, 4.69) is 4.99 Å². The molecule has 142 valence electrons. The fourth-order valence-corrected chi connectivity index (χ4v) is 3.81. The molecule has 3 aromatic rings. The minimum absolute atomic E-state index is 0.00907. The maximum atomic E-state index is 13.1. The molecule has 1 aliphatic rings. The second-order valence-electron chi connectivity index (χ2n) is 6.17. The fourth-order valence-electron chi connectivity index (χ4n) is 2.81. The molecule has 0 aliphatic carbocycles. The number of carbonyl (C=O) groups is 1. The molecule has 0 atom stereocenters. The van der Waals surface area contributed by atoms with Crippen LogP contribution in [0.5, 0.6) is 0 Å². The Kier molecular flexibility index (Phi) is 5.22. The number of rotatable bonds is 4. The average molecular weight is 401 g/mol. The van der Waals surface area contributed by atoms with E-state index in [-0.39, 0.29) is 11.6 Å². The number of anilines is 1. The van der Waals surface area contributed by atoms with Gasteiger partial charge >= 0.3 is 0 Å². The summed E-state index contributed by atoms with van der Waals surface area (Å²) in [7, 11) is 0. The third-order valence-corrected chi connectivity index (χ3v) is 5.17. The van der Waals surface area contributed by atoms with Crippen LogP contribution in [0, 0.1) is 10.1 Å². The molecule has 1 amide bonds. The first-order valence-electron chi connectivity index (χ1n) is 8.79. The topological polar surface area (TPSA) is 75.8 Å². The van der Waals surface area contributed by atoms with Crippen LogP contribution in [-0.2, 0) is 4.79 Å². The molecule has 1 heterocycles. The summed E-state index contributed by atoms with van der Waals surface area (Å²) in [5.41, 5.74) is 2.20. The number of aliphatic imine (C=N–C) groups is 1. The van der Waals surface area contributed by atoms with E-state index in [0.717, 1.165) is 11.4 Å². The number of para-hydroxylation sites is 2. The number of hydrogen-bond donors (Lipinski definition) is 0. The lowest BCUT2D eigenvalue weighted by Gasteiger charge is -2.15. The number of nitrogens with zero attached hydrogens (tertiary/aromatic N) is 3. The van der Waals surface area contributed by atoms with Gasteiger partial charge in [0.15, 0.2) is 5.17 Å². The van der Waals surface area contributed by atoms with Crippen molar-refractivity contribution in [3.05, 3.63) is 106 Å². The van der Waals surface area contributed by atoms with Crippen LogP contribution < -0.4 is 4.90 Å². The lowest BCUT2D eigenvalue weighted by molar-refractivity contribution is -0.384. The van der Waals surface area contributed by atoms with Crippen molar-refractivity contribution in [3.8, 4) is 0 Å². The summed E-state index contributed by atoms with van der Waals surface area (Å²) >= 11 is 1.28. The standard InChI is InChI=1S/C22H15N3O3S/c26-21-20(15-16-11-13-19(14-12-16)25(27)28)29-22(23-17-7-3-1-4-8-17)24(21)18-9-5-2-6-10-18/h1-15H/b20-15-,23-22?. The van der Waals surface area contributed by atoms with E-state index in [0.29, 0.717) is 15.6 Å². The predicted octanol–water partition coefficient (Wildman–Crippen LogP) is 5.40. The number of nitro groups is 1. The van der Waals surface area contributed by atoms with Crippen LogP contribution >= 0.6 is 11.8 Å². The van der Waals surface area contributed by atoms with Crippen molar-refractivity contribution < 1.29 is 9.72 Å². The van der Waals surface area contributed by atoms with E-state index in [1.165, 1.54) is 23.9 Å². The second-order valence-corrected chi connectivity index (χ2v) is 7.17. The van der Waals surface area contributed by atoms with Crippen molar-refractivity contribution in [2.24, 2.45) is 4.99 Å². The van der Waals surface area contributed by atoms with Gasteiger partial charge in [-0.25, -0.2) is 4.99 Å². The summed E-state index contributed by atoms with van der Waals surface area (Å²) in [6.07, 6.45) is 1.72. The second kappa shape index (κ2) is 8.12. The van der Waals surface area contributed by atoms with Crippen LogP contribution in [0.25, 0.3) is 6.08 Å². The summed E-state index contributed by atoms with van der Waals surface area (Å²) in [6, 6.07) is 24.9. The Morgan fingerprint density at radius 2 is 1.52 bits per heavy atom. The van der Waals surface area contributed by atoms with Crippen LogP contribution in [0.4, 0.5) is 17.1 Å². The zero-order valence-electron chi connectivity index (χ0n) is 15.1. The van der Waals surface area contributed by atoms with Crippen LogP contribution in [-0.4, -0.2) is 16.0 Å². The van der Waals surface area contributed by atoms with Crippen molar-refractivity contribution in [2.45, 2.75) is 0 Å². The van der Waals surface area contributed by atoms with Gasteiger partial charge in [-0.2, -0.15) is 0 Å². The molecule has 1 aliphatic heterocycles. The summed E-state index contributed by atoms with van der Waals surface area (Å²) in [5, 5.41) is 11.4. The summed E-state index contributed by atoms with van der Waals surface area (Å²) in [4.78, 5) is 30.2. The van der Waals surface area contributed by atoms with Gasteiger partial charge in [0.2, 0.25) is 0 Å². The van der Waals surface area contributed by atoms with Gasteiger partial charge in [0.1, 0.15) is 0 Å². The predicted molar refractivity (Wildman–Crippen MR) is 116 cm³/mol. The first kappa shape index (κ1) is 18.6. The molecule has 3 aromatic carbocycles. The molecule has 0 radical (unpaired) electrons. The normalized spacial score (nSPS) is 16.6. The molecule has 1 saturated heterocycles. The summed E-state index contributed by atoms with van der Waals surface area (Å²) in [6.45, 7) is 0. The molecular formula is C22H15N3O3S. The average Bonchev–Trinajstić information content (AvgIpc) is 3.04. The summed E-state index contributed by atoms with van der Waals surface area (Å²) in [5.74, 6) is -0.186. The van der Waals surface area contributed by atoms with Crippen molar-refractivity contribution in [1.82, 2.24) is 0 Å². The molecule has 6 nitrogen and oxygen atoms in total. The molecule has 0 aromatic heterocycles. The molecule has 29 heavy (non-hydrogen) atoms. The van der Waals surface area contributed by atoms with Gasteiger partial charge in [-0.3, -0.25) is 19.8 Å². The Hall–Kier alpha value is -3.71. The minimum Gasteiger partial charge on any atom is -0.268 e. The van der Waals surface area contributed by atoms with Gasteiger partial charge in [0.05, 0.1) is 21.2 Å². The van der Waals surface area contributed by atoms with Gasteiger partial charge in [-0.1, -0.05) is 36.4 Å². The molecule has 0 spiro atoms. The van der Waals surface area contributed by atoms with Crippen molar-refractivity contribution in [2.75, 3.05) is 4.90 Å². The smallest absolute Gasteiger partial charge is 0.268 e. The molecular weight excluding hydrogens is 386 g/mol. The van der Waals surface area contributed by atoms with Crippen molar-refractivity contribution >= 4 is 46.0 Å². The fraction of sp³-hybridized carbons (Fsp3) is 0. The number of carbonyl (C=O) groups excluding carboxylic acids is 1. The maximum Gasteiger partial charge on any atom is 0.271 e. The monoisotopic (exact) mass is 401 g/mol. The first-order valence-corrected chi connectivity index (χ1v) is 9.61. The van der Waals surface area contributed by atoms with Crippen LogP contribution in [0.3, 0.4) is 0 Å². The SMILES string of the molecule is O=C1/C(=C/c2ccc([N+](=O)[O-])cc2)SC(=Nc2ccccc2)N1c1ccccc1. The number of amides is 1. The highest BCUT2D eigenvalue weighted by molar-refractivity contribution is 8.19.